The zero-order chi connectivity index (χ0) is 32.7. The summed E-state index contributed by atoms with van der Waals surface area (Å²) < 4.78 is 43.7. The molecule has 0 aliphatic carbocycles. The molecule has 240 valence electrons. The van der Waals surface area contributed by atoms with Crippen LogP contribution in [0.4, 0.5) is 10.8 Å². The van der Waals surface area contributed by atoms with Crippen molar-refractivity contribution in [3.8, 4) is 5.75 Å². The topological polar surface area (TPSA) is 145 Å². The van der Waals surface area contributed by atoms with E-state index in [-0.39, 0.29) is 41.4 Å². The monoisotopic (exact) mass is 654 g/mol. The van der Waals surface area contributed by atoms with Gasteiger partial charge >= 0.3 is 10.2 Å². The van der Waals surface area contributed by atoms with E-state index < -0.39 is 27.6 Å². The molecule has 2 N–H and O–H groups in total. The van der Waals surface area contributed by atoms with Crippen LogP contribution in [0.25, 0.3) is 0 Å². The van der Waals surface area contributed by atoms with E-state index in [1.54, 1.807) is 60.1 Å². The number of ether oxygens (including phenoxy) is 2. The first-order valence-electron chi connectivity index (χ1n) is 14.2. The standard InChI is InChI=1S/C31H38N6O6S2/c1-30(2,3)25-14-13-23(21-26(25)43-5)27(38)37(29-32-17-20-44-29)31(15-9-19-42-4,22-36-18-10-16-33-36)28(39)35-45(40,41)34-24-11-7-6-8-12-24/h6-8,10-14,16-18,20-21,34H,9,15,19,22H2,1-5H3,(H,35,39). The van der Waals surface area contributed by atoms with Crippen LogP contribution in [0.3, 0.4) is 0 Å². The minimum absolute atomic E-state index is 0.00984. The van der Waals surface area contributed by atoms with Crippen LogP contribution in [0.1, 0.15) is 49.5 Å². The normalized spacial score (nSPS) is 13.1. The van der Waals surface area contributed by atoms with Gasteiger partial charge in [0, 0.05) is 43.3 Å². The van der Waals surface area contributed by atoms with Crippen LogP contribution in [0.5, 0.6) is 5.75 Å². The molecule has 12 nitrogen and oxygen atoms in total. The van der Waals surface area contributed by atoms with Crippen LogP contribution in [0, 0.1) is 0 Å². The predicted octanol–water partition coefficient (Wildman–Crippen LogP) is 4.63. The number of hydrogen-bond donors (Lipinski definition) is 2. The van der Waals surface area contributed by atoms with Crippen molar-refractivity contribution in [3.63, 3.8) is 0 Å². The zero-order valence-electron chi connectivity index (χ0n) is 25.9. The molecule has 2 aromatic heterocycles. The quantitative estimate of drug-likeness (QED) is 0.187. The zero-order valence-corrected chi connectivity index (χ0v) is 27.5. The first-order chi connectivity index (χ1) is 21.4. The first-order valence-corrected chi connectivity index (χ1v) is 16.6. The lowest BCUT2D eigenvalue weighted by molar-refractivity contribution is -0.125. The van der Waals surface area contributed by atoms with Gasteiger partial charge in [-0.2, -0.15) is 13.5 Å². The van der Waals surface area contributed by atoms with E-state index >= 15 is 0 Å². The fourth-order valence-electron chi connectivity index (χ4n) is 4.99. The summed E-state index contributed by atoms with van der Waals surface area (Å²) in [4.78, 5) is 34.9. The number of amides is 2. The Bertz CT molecular complexity index is 1670. The Morgan fingerprint density at radius 2 is 1.80 bits per heavy atom. The molecule has 0 radical (unpaired) electrons. The van der Waals surface area contributed by atoms with E-state index in [1.165, 1.54) is 36.2 Å². The van der Waals surface area contributed by atoms with Gasteiger partial charge in [-0.25, -0.2) is 9.71 Å². The van der Waals surface area contributed by atoms with Gasteiger partial charge in [-0.1, -0.05) is 45.0 Å². The van der Waals surface area contributed by atoms with E-state index in [0.29, 0.717) is 12.2 Å². The number of nitrogens with zero attached hydrogens (tertiary/aromatic N) is 4. The van der Waals surface area contributed by atoms with Crippen LogP contribution >= 0.6 is 11.3 Å². The Hall–Kier alpha value is -4.27. The Morgan fingerprint density at radius 1 is 1.04 bits per heavy atom. The summed E-state index contributed by atoms with van der Waals surface area (Å²) in [5.41, 5.74) is -0.730. The molecule has 0 saturated heterocycles. The highest BCUT2D eigenvalue weighted by Gasteiger charge is 2.50. The second kappa shape index (κ2) is 14.2. The molecule has 0 bridgehead atoms. The molecule has 2 amide bonds. The van der Waals surface area contributed by atoms with Crippen molar-refractivity contribution in [1.29, 1.82) is 0 Å². The number of methoxy groups -OCH3 is 2. The van der Waals surface area contributed by atoms with Crippen molar-refractivity contribution in [1.82, 2.24) is 19.5 Å². The number of carbonyl (C=O) groups excluding carboxylic acids is 2. The maximum absolute atomic E-state index is 14.7. The summed E-state index contributed by atoms with van der Waals surface area (Å²) in [7, 11) is -1.38. The average Bonchev–Trinajstić information content (AvgIpc) is 3.71. The highest BCUT2D eigenvalue weighted by Crippen LogP contribution is 2.37. The van der Waals surface area contributed by atoms with Crippen molar-refractivity contribution < 1.29 is 27.5 Å². The molecular weight excluding hydrogens is 617 g/mol. The molecule has 2 aromatic carbocycles. The highest BCUT2D eigenvalue weighted by molar-refractivity contribution is 7.91. The lowest BCUT2D eigenvalue weighted by Gasteiger charge is -2.41. The fraction of sp³-hybridized carbons (Fsp3) is 0.355. The third-order valence-corrected chi connectivity index (χ3v) is 8.81. The molecule has 4 aromatic rings. The van der Waals surface area contributed by atoms with Gasteiger partial charge in [-0.3, -0.25) is 23.9 Å². The van der Waals surface area contributed by atoms with Crippen molar-refractivity contribution in [2.75, 3.05) is 30.4 Å². The van der Waals surface area contributed by atoms with Gasteiger partial charge in [0.25, 0.3) is 11.8 Å². The van der Waals surface area contributed by atoms with E-state index in [0.717, 1.165) is 16.9 Å². The third-order valence-electron chi connectivity index (χ3n) is 7.10. The third kappa shape index (κ3) is 8.07. The predicted molar refractivity (Wildman–Crippen MR) is 174 cm³/mol. The second-order valence-electron chi connectivity index (χ2n) is 11.4. The highest BCUT2D eigenvalue weighted by atomic mass is 32.2. The summed E-state index contributed by atoms with van der Waals surface area (Å²) in [5, 5.41) is 6.18. The van der Waals surface area contributed by atoms with Crippen molar-refractivity contribution in [2.45, 2.75) is 51.1 Å². The van der Waals surface area contributed by atoms with Crippen molar-refractivity contribution >= 4 is 44.2 Å². The Morgan fingerprint density at radius 3 is 2.40 bits per heavy atom. The average molecular weight is 655 g/mol. The summed E-state index contributed by atoms with van der Waals surface area (Å²) in [6.07, 6.45) is 5.01. The molecule has 0 aliphatic heterocycles. The van der Waals surface area contributed by atoms with Crippen LogP contribution in [-0.2, 0) is 31.7 Å². The minimum atomic E-state index is -4.44. The summed E-state index contributed by atoms with van der Waals surface area (Å²) >= 11 is 1.14. The van der Waals surface area contributed by atoms with E-state index in [4.69, 9.17) is 9.47 Å². The number of anilines is 2. The molecule has 0 saturated carbocycles. The molecule has 1 atom stereocenters. The maximum Gasteiger partial charge on any atom is 0.323 e. The number of aromatic nitrogens is 3. The van der Waals surface area contributed by atoms with Gasteiger partial charge in [-0.05, 0) is 54.2 Å². The Kier molecular flexibility index (Phi) is 10.6. The van der Waals surface area contributed by atoms with Crippen LogP contribution in [0.2, 0.25) is 0 Å². The number of carbonyl (C=O) groups is 2. The van der Waals surface area contributed by atoms with Gasteiger partial charge in [0.2, 0.25) is 0 Å². The first kappa shape index (κ1) is 33.6. The Labute approximate surface area is 267 Å². The number of para-hydroxylation sites is 1. The molecule has 14 heteroatoms. The van der Waals surface area contributed by atoms with Crippen LogP contribution < -0.4 is 19.1 Å². The summed E-state index contributed by atoms with van der Waals surface area (Å²) in [6, 6.07) is 15.0. The Balaban J connectivity index is 1.88. The second-order valence-corrected chi connectivity index (χ2v) is 13.6. The summed E-state index contributed by atoms with van der Waals surface area (Å²) in [5.74, 6) is -1.01. The fourth-order valence-corrected chi connectivity index (χ4v) is 6.65. The molecule has 4 rings (SSSR count). The van der Waals surface area contributed by atoms with E-state index in [2.05, 4.69) is 19.5 Å². The molecule has 0 aliphatic rings. The lowest BCUT2D eigenvalue weighted by atomic mass is 9.85. The van der Waals surface area contributed by atoms with Crippen molar-refractivity contribution in [3.05, 3.63) is 89.7 Å². The van der Waals surface area contributed by atoms with Gasteiger partial charge < -0.3 is 9.47 Å². The molecule has 1 unspecified atom stereocenters. The summed E-state index contributed by atoms with van der Waals surface area (Å²) in [6.45, 7) is 6.17. The molecule has 45 heavy (non-hydrogen) atoms. The van der Waals surface area contributed by atoms with E-state index in [9.17, 15) is 18.0 Å². The smallest absolute Gasteiger partial charge is 0.323 e. The SMILES string of the molecule is COCCCC(Cn1cccn1)(C(=O)NS(=O)(=O)Nc1ccccc1)N(C(=O)c1ccc(C(C)(C)C)c(OC)c1)c1nccs1. The largest absolute Gasteiger partial charge is 0.496 e. The molecule has 0 spiro atoms. The molecular formula is C31H38N6O6S2. The molecule has 0 fully saturated rings. The van der Waals surface area contributed by atoms with Gasteiger partial charge in [-0.15, -0.1) is 11.3 Å². The number of nitrogens with one attached hydrogen (secondary N) is 2. The van der Waals surface area contributed by atoms with E-state index in [1.807, 2.05) is 26.8 Å². The number of hydrogen-bond acceptors (Lipinski definition) is 9. The minimum Gasteiger partial charge on any atom is -0.496 e. The van der Waals surface area contributed by atoms with Crippen LogP contribution in [0.15, 0.2) is 78.6 Å². The number of thiazole rings is 1. The van der Waals surface area contributed by atoms with Gasteiger partial charge in [0.05, 0.1) is 19.3 Å². The van der Waals surface area contributed by atoms with Crippen LogP contribution in [-0.4, -0.2) is 61.4 Å². The number of rotatable bonds is 14. The lowest BCUT2D eigenvalue weighted by Crippen LogP contribution is -2.64. The van der Waals surface area contributed by atoms with Gasteiger partial charge in [0.1, 0.15) is 11.3 Å². The number of benzene rings is 2. The van der Waals surface area contributed by atoms with Crippen molar-refractivity contribution in [2.24, 2.45) is 0 Å². The molecule has 2 heterocycles. The maximum atomic E-state index is 14.7. The van der Waals surface area contributed by atoms with Gasteiger partial charge in [0.15, 0.2) is 5.13 Å².